The largest absolute Gasteiger partial charge is 0.378 e. The Morgan fingerprint density at radius 2 is 1.86 bits per heavy atom. The first-order chi connectivity index (χ1) is 14.2. The zero-order valence-corrected chi connectivity index (χ0v) is 16.4. The molecule has 1 atom stereocenters. The first-order valence-corrected chi connectivity index (χ1v) is 10.3. The van der Waals surface area contributed by atoms with Crippen LogP contribution in [0.15, 0.2) is 35.5 Å². The van der Waals surface area contributed by atoms with Gasteiger partial charge in [0.05, 0.1) is 31.0 Å². The van der Waals surface area contributed by atoms with E-state index in [0.29, 0.717) is 0 Å². The summed E-state index contributed by atoms with van der Waals surface area (Å²) in [6, 6.07) is 8.64. The van der Waals surface area contributed by atoms with Crippen molar-refractivity contribution >= 4 is 17.3 Å². The number of benzene rings is 1. The van der Waals surface area contributed by atoms with Gasteiger partial charge in [-0.2, -0.15) is 5.10 Å². The molecule has 0 aliphatic carbocycles. The summed E-state index contributed by atoms with van der Waals surface area (Å²) in [5, 5.41) is 17.4. The van der Waals surface area contributed by atoms with Crippen LogP contribution in [-0.2, 0) is 10.5 Å². The lowest BCUT2D eigenvalue weighted by Crippen LogP contribution is -2.61. The van der Waals surface area contributed by atoms with Crippen LogP contribution < -0.4 is 26.6 Å². The van der Waals surface area contributed by atoms with Gasteiger partial charge in [0, 0.05) is 24.3 Å². The number of nitrogens with zero attached hydrogens (tertiary/aromatic N) is 3. The van der Waals surface area contributed by atoms with E-state index in [1.54, 1.807) is 6.20 Å². The number of ether oxygens (including phenoxy) is 1. The average molecular weight is 396 g/mol. The third-order valence-corrected chi connectivity index (χ3v) is 5.85. The minimum Gasteiger partial charge on any atom is -0.378 e. The van der Waals surface area contributed by atoms with Crippen molar-refractivity contribution in [2.45, 2.75) is 24.7 Å². The summed E-state index contributed by atoms with van der Waals surface area (Å²) in [6.45, 7) is 5.35. The first kappa shape index (κ1) is 18.4. The number of H-pyrrole nitrogens is 1. The van der Waals surface area contributed by atoms with Gasteiger partial charge in [-0.25, -0.2) is 0 Å². The standard InChI is InChI=1S/C20H28N8O/c21-20(14-1-3-16(4-2-14)28-9-11-29-12-10-28)25-18(17-13-23-27-19(17)26-20)24-15-5-7-22-8-6-15/h1-4,13,15,22H,5-12,21H2,(H,24,25)(H2,23,26,27). The van der Waals surface area contributed by atoms with Gasteiger partial charge in [-0.05, 0) is 38.1 Å². The molecule has 2 saturated heterocycles. The van der Waals surface area contributed by atoms with Crippen molar-refractivity contribution in [1.82, 2.24) is 20.8 Å². The lowest BCUT2D eigenvalue weighted by Gasteiger charge is -2.38. The number of aromatic nitrogens is 2. The molecule has 3 aliphatic rings. The van der Waals surface area contributed by atoms with E-state index in [1.165, 1.54) is 5.69 Å². The van der Waals surface area contributed by atoms with E-state index >= 15 is 0 Å². The number of fused-ring (bicyclic) bond motifs is 1. The SMILES string of the molecule is NC1(c2ccc(N3CCOCC3)cc2)NC(=NC2CCNCC2)c2cn[nH]c2N1. The van der Waals surface area contributed by atoms with E-state index in [2.05, 4.69) is 55.3 Å². The Bertz CT molecular complexity index is 867. The predicted molar refractivity (Wildman–Crippen MR) is 113 cm³/mol. The van der Waals surface area contributed by atoms with E-state index in [9.17, 15) is 0 Å². The quantitative estimate of drug-likeness (QED) is 0.514. The molecule has 0 saturated carbocycles. The molecule has 154 valence electrons. The number of morpholine rings is 1. The van der Waals surface area contributed by atoms with Gasteiger partial charge >= 0.3 is 0 Å². The Labute approximate surface area is 170 Å². The summed E-state index contributed by atoms with van der Waals surface area (Å²) in [5.74, 6) is 0.616. The Balaban J connectivity index is 1.41. The lowest BCUT2D eigenvalue weighted by molar-refractivity contribution is 0.122. The maximum atomic E-state index is 6.78. The van der Waals surface area contributed by atoms with E-state index in [4.69, 9.17) is 15.5 Å². The monoisotopic (exact) mass is 396 g/mol. The number of nitrogens with two attached hydrogens (primary N) is 1. The molecule has 0 spiro atoms. The summed E-state index contributed by atoms with van der Waals surface area (Å²) in [7, 11) is 0. The molecule has 2 aromatic rings. The fourth-order valence-electron chi connectivity index (χ4n) is 4.16. The molecule has 0 bridgehead atoms. The van der Waals surface area contributed by atoms with Crippen LogP contribution in [0.5, 0.6) is 0 Å². The number of aromatic amines is 1. The molecular formula is C20H28N8O. The Morgan fingerprint density at radius 1 is 1.10 bits per heavy atom. The molecule has 0 amide bonds. The molecule has 3 aliphatic heterocycles. The van der Waals surface area contributed by atoms with E-state index in [0.717, 1.165) is 75.0 Å². The summed E-state index contributed by atoms with van der Waals surface area (Å²) in [6.07, 6.45) is 3.84. The second-order valence-corrected chi connectivity index (χ2v) is 7.82. The highest BCUT2D eigenvalue weighted by molar-refractivity contribution is 6.05. The average Bonchev–Trinajstić information content (AvgIpc) is 3.24. The minimum atomic E-state index is -0.963. The molecule has 29 heavy (non-hydrogen) atoms. The van der Waals surface area contributed by atoms with Crippen molar-refractivity contribution in [2.24, 2.45) is 10.7 Å². The molecule has 9 heteroatoms. The van der Waals surface area contributed by atoms with Gasteiger partial charge in [0.1, 0.15) is 11.7 Å². The van der Waals surface area contributed by atoms with Gasteiger partial charge < -0.3 is 25.6 Å². The van der Waals surface area contributed by atoms with Crippen LogP contribution >= 0.6 is 0 Å². The van der Waals surface area contributed by atoms with Crippen molar-refractivity contribution in [2.75, 3.05) is 49.6 Å². The number of rotatable bonds is 3. The highest BCUT2D eigenvalue weighted by Crippen LogP contribution is 2.28. The molecule has 0 radical (unpaired) electrons. The normalized spacial score (nSPS) is 26.7. The van der Waals surface area contributed by atoms with Crippen molar-refractivity contribution in [3.8, 4) is 0 Å². The fraction of sp³-hybridized carbons (Fsp3) is 0.500. The molecule has 1 aromatic carbocycles. The fourth-order valence-corrected chi connectivity index (χ4v) is 4.16. The smallest absolute Gasteiger partial charge is 0.191 e. The van der Waals surface area contributed by atoms with E-state index < -0.39 is 5.79 Å². The third-order valence-electron chi connectivity index (χ3n) is 5.85. The van der Waals surface area contributed by atoms with Crippen molar-refractivity contribution in [1.29, 1.82) is 0 Å². The maximum Gasteiger partial charge on any atom is 0.191 e. The van der Waals surface area contributed by atoms with Crippen LogP contribution in [0.25, 0.3) is 0 Å². The van der Waals surface area contributed by atoms with Crippen molar-refractivity contribution in [3.63, 3.8) is 0 Å². The topological polar surface area (TPSA) is 116 Å². The second kappa shape index (κ2) is 7.66. The van der Waals surface area contributed by atoms with Gasteiger partial charge in [0.2, 0.25) is 0 Å². The molecular weight excluding hydrogens is 368 g/mol. The second-order valence-electron chi connectivity index (χ2n) is 7.82. The number of hydrogen-bond donors (Lipinski definition) is 5. The minimum absolute atomic E-state index is 0.285. The molecule has 1 aromatic heterocycles. The summed E-state index contributed by atoms with van der Waals surface area (Å²) in [4.78, 5) is 7.31. The maximum absolute atomic E-state index is 6.78. The summed E-state index contributed by atoms with van der Waals surface area (Å²) in [5.41, 5.74) is 9.83. The molecule has 5 rings (SSSR count). The van der Waals surface area contributed by atoms with E-state index in [-0.39, 0.29) is 6.04 Å². The van der Waals surface area contributed by atoms with Crippen LogP contribution in [0.1, 0.15) is 24.0 Å². The summed E-state index contributed by atoms with van der Waals surface area (Å²) >= 11 is 0. The number of nitrogens with one attached hydrogen (secondary N) is 4. The van der Waals surface area contributed by atoms with Gasteiger partial charge in [0.25, 0.3) is 0 Å². The predicted octanol–water partition coefficient (Wildman–Crippen LogP) is 0.529. The van der Waals surface area contributed by atoms with Crippen molar-refractivity contribution in [3.05, 3.63) is 41.6 Å². The number of aliphatic imine (C=N–C) groups is 1. The Kier molecular flexibility index (Phi) is 4.86. The van der Waals surface area contributed by atoms with Gasteiger partial charge in [-0.1, -0.05) is 12.1 Å². The van der Waals surface area contributed by atoms with Crippen LogP contribution in [0.3, 0.4) is 0 Å². The molecule has 1 unspecified atom stereocenters. The zero-order valence-electron chi connectivity index (χ0n) is 16.4. The number of hydrogen-bond acceptors (Lipinski definition) is 7. The molecule has 9 nitrogen and oxygen atoms in total. The Morgan fingerprint density at radius 3 is 2.62 bits per heavy atom. The molecule has 6 N–H and O–H groups in total. The Hall–Kier alpha value is -2.62. The zero-order chi connectivity index (χ0) is 19.7. The van der Waals surface area contributed by atoms with Crippen LogP contribution in [0.4, 0.5) is 11.5 Å². The van der Waals surface area contributed by atoms with Gasteiger partial charge in [0.15, 0.2) is 5.79 Å². The van der Waals surface area contributed by atoms with Crippen LogP contribution in [-0.4, -0.2) is 61.5 Å². The van der Waals surface area contributed by atoms with E-state index in [1.807, 2.05) is 0 Å². The number of piperidine rings is 1. The van der Waals surface area contributed by atoms with Gasteiger partial charge in [-0.3, -0.25) is 15.8 Å². The molecule has 2 fully saturated rings. The first-order valence-electron chi connectivity index (χ1n) is 10.3. The van der Waals surface area contributed by atoms with Crippen LogP contribution in [0.2, 0.25) is 0 Å². The van der Waals surface area contributed by atoms with Gasteiger partial charge in [-0.15, -0.1) is 0 Å². The van der Waals surface area contributed by atoms with Crippen LogP contribution in [0, 0.1) is 0 Å². The highest BCUT2D eigenvalue weighted by atomic mass is 16.5. The number of amidine groups is 1. The number of anilines is 2. The molecule has 4 heterocycles. The van der Waals surface area contributed by atoms with Crippen molar-refractivity contribution < 1.29 is 4.74 Å². The lowest BCUT2D eigenvalue weighted by atomic mass is 10.0. The third kappa shape index (κ3) is 3.68. The highest BCUT2D eigenvalue weighted by Gasteiger charge is 2.36. The summed E-state index contributed by atoms with van der Waals surface area (Å²) < 4.78 is 5.45.